The number of hydrogen-bond acceptors (Lipinski definition) is 2. The Kier molecular flexibility index (Phi) is 3.65. The normalized spacial score (nSPS) is 23.4. The van der Waals surface area contributed by atoms with E-state index in [-0.39, 0.29) is 12.1 Å². The molecule has 1 aliphatic rings. The van der Waals surface area contributed by atoms with E-state index in [2.05, 4.69) is 40.0 Å². The van der Waals surface area contributed by atoms with Crippen molar-refractivity contribution in [2.45, 2.75) is 44.2 Å². The summed E-state index contributed by atoms with van der Waals surface area (Å²) in [7, 11) is 0. The molecule has 0 radical (unpaired) electrons. The molecule has 0 spiro atoms. The summed E-state index contributed by atoms with van der Waals surface area (Å²) in [5, 5.41) is 10.1. The van der Waals surface area contributed by atoms with Crippen molar-refractivity contribution >= 4 is 0 Å². The second-order valence-electron chi connectivity index (χ2n) is 5.39. The molecule has 2 atom stereocenters. The molecule has 0 saturated heterocycles. The fourth-order valence-electron chi connectivity index (χ4n) is 2.90. The minimum atomic E-state index is -0.215. The van der Waals surface area contributed by atoms with Gasteiger partial charge in [0.2, 0.25) is 0 Å². The lowest BCUT2D eigenvalue weighted by Gasteiger charge is -2.28. The quantitative estimate of drug-likeness (QED) is 0.917. The van der Waals surface area contributed by atoms with Gasteiger partial charge < -0.3 is 9.67 Å². The van der Waals surface area contributed by atoms with Crippen molar-refractivity contribution in [2.24, 2.45) is 0 Å². The second kappa shape index (κ2) is 5.57. The van der Waals surface area contributed by atoms with Gasteiger partial charge in [-0.2, -0.15) is 0 Å². The van der Waals surface area contributed by atoms with Crippen molar-refractivity contribution in [2.75, 3.05) is 0 Å². The lowest BCUT2D eigenvalue weighted by atomic mass is 9.92. The first-order valence-corrected chi connectivity index (χ1v) is 7.07. The summed E-state index contributed by atoms with van der Waals surface area (Å²) in [4.78, 5) is 4.47. The van der Waals surface area contributed by atoms with Gasteiger partial charge in [-0.1, -0.05) is 43.2 Å². The number of nitrogens with zero attached hydrogens (tertiary/aromatic N) is 2. The van der Waals surface area contributed by atoms with Gasteiger partial charge in [0.1, 0.15) is 0 Å². The molecule has 1 aliphatic carbocycles. The van der Waals surface area contributed by atoms with Crippen LogP contribution in [-0.4, -0.2) is 20.8 Å². The van der Waals surface area contributed by atoms with Gasteiger partial charge in [0, 0.05) is 12.6 Å². The van der Waals surface area contributed by atoms with Gasteiger partial charge in [-0.15, -0.1) is 0 Å². The zero-order chi connectivity index (χ0) is 13.1. The van der Waals surface area contributed by atoms with E-state index >= 15 is 0 Å². The topological polar surface area (TPSA) is 38.0 Å². The molecule has 19 heavy (non-hydrogen) atoms. The van der Waals surface area contributed by atoms with Crippen molar-refractivity contribution in [3.05, 3.63) is 54.1 Å². The Bertz CT molecular complexity index is 521. The third-order valence-electron chi connectivity index (χ3n) is 3.96. The first kappa shape index (κ1) is 12.4. The molecule has 0 bridgehead atoms. The minimum absolute atomic E-state index is 0.214. The van der Waals surface area contributed by atoms with Gasteiger partial charge >= 0.3 is 0 Å². The van der Waals surface area contributed by atoms with Crippen LogP contribution in [0.5, 0.6) is 0 Å². The maximum atomic E-state index is 10.1. The highest BCUT2D eigenvalue weighted by Gasteiger charge is 2.24. The minimum Gasteiger partial charge on any atom is -0.391 e. The van der Waals surface area contributed by atoms with Crippen LogP contribution in [0.4, 0.5) is 0 Å². The lowest BCUT2D eigenvalue weighted by Crippen LogP contribution is -2.26. The van der Waals surface area contributed by atoms with Crippen LogP contribution in [0.25, 0.3) is 0 Å². The molecular formula is C16H20N2O. The van der Waals surface area contributed by atoms with E-state index in [1.807, 2.05) is 12.4 Å². The average Bonchev–Trinajstić information content (AvgIpc) is 2.89. The number of benzene rings is 1. The van der Waals surface area contributed by atoms with Gasteiger partial charge in [-0.3, -0.25) is 0 Å². The molecule has 1 N–H and O–H groups in total. The zero-order valence-corrected chi connectivity index (χ0v) is 11.1. The molecule has 1 aromatic heterocycles. The summed E-state index contributed by atoms with van der Waals surface area (Å²) in [5.74, 6) is 0. The largest absolute Gasteiger partial charge is 0.391 e. The van der Waals surface area contributed by atoms with Gasteiger partial charge in [0.15, 0.2) is 0 Å². The first-order valence-electron chi connectivity index (χ1n) is 7.07. The Morgan fingerprint density at radius 2 is 1.95 bits per heavy atom. The molecule has 3 heteroatoms. The molecule has 1 heterocycles. The highest BCUT2D eigenvalue weighted by Crippen LogP contribution is 2.28. The Hall–Kier alpha value is -1.61. The molecule has 100 valence electrons. The number of aromatic nitrogens is 2. The van der Waals surface area contributed by atoms with Crippen LogP contribution in [-0.2, 0) is 6.42 Å². The Morgan fingerprint density at radius 3 is 2.74 bits per heavy atom. The fraction of sp³-hybridized carbons (Fsp3) is 0.438. The smallest absolute Gasteiger partial charge is 0.0953 e. The molecule has 0 amide bonds. The number of aliphatic hydroxyl groups excluding tert-OH is 1. The third kappa shape index (κ3) is 2.87. The second-order valence-corrected chi connectivity index (χ2v) is 5.39. The predicted molar refractivity (Wildman–Crippen MR) is 75.0 cm³/mol. The van der Waals surface area contributed by atoms with Crippen molar-refractivity contribution < 1.29 is 5.11 Å². The van der Waals surface area contributed by atoms with Crippen molar-refractivity contribution in [3.63, 3.8) is 0 Å². The highest BCUT2D eigenvalue weighted by atomic mass is 16.3. The summed E-state index contributed by atoms with van der Waals surface area (Å²) in [6.45, 7) is 0. The lowest BCUT2D eigenvalue weighted by molar-refractivity contribution is 0.0754. The molecule has 0 aliphatic heterocycles. The number of hydrogen-bond donors (Lipinski definition) is 1. The highest BCUT2D eigenvalue weighted by molar-refractivity contribution is 5.20. The number of imidazole rings is 1. The molecular weight excluding hydrogens is 236 g/mol. The van der Waals surface area contributed by atoms with Crippen LogP contribution < -0.4 is 0 Å². The van der Waals surface area contributed by atoms with E-state index in [1.54, 1.807) is 0 Å². The monoisotopic (exact) mass is 256 g/mol. The van der Waals surface area contributed by atoms with Crippen molar-refractivity contribution in [1.29, 1.82) is 0 Å². The zero-order valence-electron chi connectivity index (χ0n) is 11.1. The molecule has 3 nitrogen and oxygen atoms in total. The van der Waals surface area contributed by atoms with E-state index in [9.17, 15) is 5.11 Å². The van der Waals surface area contributed by atoms with E-state index in [1.165, 1.54) is 12.0 Å². The van der Waals surface area contributed by atoms with E-state index in [0.717, 1.165) is 31.4 Å². The Labute approximate surface area is 113 Å². The summed E-state index contributed by atoms with van der Waals surface area (Å²) >= 11 is 0. The van der Waals surface area contributed by atoms with Crippen LogP contribution in [0.3, 0.4) is 0 Å². The van der Waals surface area contributed by atoms with Crippen LogP contribution in [0.15, 0.2) is 42.9 Å². The van der Waals surface area contributed by atoms with Crippen molar-refractivity contribution in [1.82, 2.24) is 9.55 Å². The van der Waals surface area contributed by atoms with E-state index in [0.29, 0.717) is 0 Å². The number of aliphatic hydroxyl groups is 1. The van der Waals surface area contributed by atoms with Crippen LogP contribution in [0.1, 0.15) is 43.0 Å². The Morgan fingerprint density at radius 1 is 1.16 bits per heavy atom. The fourth-order valence-corrected chi connectivity index (χ4v) is 2.90. The van der Waals surface area contributed by atoms with E-state index in [4.69, 9.17) is 0 Å². The van der Waals surface area contributed by atoms with Crippen molar-refractivity contribution in [3.8, 4) is 0 Å². The summed E-state index contributed by atoms with van der Waals surface area (Å²) in [6, 6.07) is 10.6. The molecule has 1 fully saturated rings. The maximum Gasteiger partial charge on any atom is 0.0953 e. The van der Waals surface area contributed by atoms with Gasteiger partial charge in [-0.05, 0) is 18.4 Å². The molecule has 3 rings (SSSR count). The molecule has 1 saturated carbocycles. The molecule has 1 aromatic carbocycles. The van der Waals surface area contributed by atoms with Crippen LogP contribution >= 0.6 is 0 Å². The first-order chi connectivity index (χ1) is 9.33. The SMILES string of the molecule is O[C@H]1CCCC[C@H]1n1cnc(Cc2ccccc2)c1. The molecule has 2 aromatic rings. The third-order valence-corrected chi connectivity index (χ3v) is 3.96. The van der Waals surface area contributed by atoms with Gasteiger partial charge in [0.05, 0.1) is 24.2 Å². The van der Waals surface area contributed by atoms with Gasteiger partial charge in [-0.25, -0.2) is 4.98 Å². The molecule has 0 unspecified atom stereocenters. The van der Waals surface area contributed by atoms with Crippen LogP contribution in [0.2, 0.25) is 0 Å². The average molecular weight is 256 g/mol. The van der Waals surface area contributed by atoms with Gasteiger partial charge in [0.25, 0.3) is 0 Å². The standard InChI is InChI=1S/C16H20N2O/c19-16-9-5-4-8-15(16)18-11-14(17-12-18)10-13-6-2-1-3-7-13/h1-3,6-7,11-12,15-16,19H,4-5,8-10H2/t15-,16+/m1/s1. The van der Waals surface area contributed by atoms with Crippen LogP contribution in [0, 0.1) is 0 Å². The summed E-state index contributed by atoms with van der Waals surface area (Å²) in [6.07, 6.45) is 8.92. The van der Waals surface area contributed by atoms with E-state index < -0.39 is 0 Å². The Balaban J connectivity index is 1.72. The number of rotatable bonds is 3. The summed E-state index contributed by atoms with van der Waals surface area (Å²) < 4.78 is 2.10. The summed E-state index contributed by atoms with van der Waals surface area (Å²) in [5.41, 5.74) is 2.35. The predicted octanol–water partition coefficient (Wildman–Crippen LogP) is 2.95. The maximum absolute atomic E-state index is 10.1.